The maximum atomic E-state index is 13.1. The summed E-state index contributed by atoms with van der Waals surface area (Å²) in [5.41, 5.74) is 3.70. The van der Waals surface area contributed by atoms with E-state index in [4.69, 9.17) is 21.7 Å². The van der Waals surface area contributed by atoms with Crippen LogP contribution < -0.4 is 4.90 Å². The fraction of sp³-hybridized carbons (Fsp3) is 0.424. The smallest absolute Gasteiger partial charge is 0.253 e. The predicted octanol–water partition coefficient (Wildman–Crippen LogP) is 4.63. The van der Waals surface area contributed by atoms with Crippen LogP contribution >= 0.6 is 11.6 Å². The second kappa shape index (κ2) is 11.3. The van der Waals surface area contributed by atoms with Crippen molar-refractivity contribution in [2.75, 3.05) is 50.7 Å². The summed E-state index contributed by atoms with van der Waals surface area (Å²) in [5, 5.41) is 16.7. The lowest BCUT2D eigenvalue weighted by Gasteiger charge is -2.39. The molecule has 1 amide bonds. The molecule has 4 heterocycles. The molecule has 0 radical (unpaired) electrons. The predicted molar refractivity (Wildman–Crippen MR) is 164 cm³/mol. The number of halogens is 1. The number of anilines is 1. The number of amides is 1. The normalized spacial score (nSPS) is 19.4. The van der Waals surface area contributed by atoms with Crippen LogP contribution in [0.3, 0.4) is 0 Å². The van der Waals surface area contributed by atoms with Crippen molar-refractivity contribution in [2.24, 2.45) is 5.92 Å². The molecule has 2 aliphatic heterocycles. The third-order valence-corrected chi connectivity index (χ3v) is 9.39. The van der Waals surface area contributed by atoms with Crippen molar-refractivity contribution in [1.29, 1.82) is 0 Å². The molecule has 3 aliphatic rings. The van der Waals surface area contributed by atoms with E-state index in [1.165, 1.54) is 19.4 Å². The lowest BCUT2D eigenvalue weighted by atomic mass is 9.84. The first-order valence-corrected chi connectivity index (χ1v) is 15.5. The molecular weight excluding hydrogens is 548 g/mol. The molecule has 218 valence electrons. The fourth-order valence-electron chi connectivity index (χ4n) is 6.35. The summed E-state index contributed by atoms with van der Waals surface area (Å²) in [6.07, 6.45) is 6.50. The van der Waals surface area contributed by atoms with Gasteiger partial charge in [0.2, 0.25) is 0 Å². The molecule has 0 unspecified atom stereocenters. The summed E-state index contributed by atoms with van der Waals surface area (Å²) in [4.78, 5) is 24.8. The van der Waals surface area contributed by atoms with Gasteiger partial charge in [-0.05, 0) is 79.1 Å². The lowest BCUT2D eigenvalue weighted by molar-refractivity contribution is 0.0118. The van der Waals surface area contributed by atoms with Gasteiger partial charge in [-0.2, -0.15) is 5.10 Å². The molecule has 0 atom stereocenters. The van der Waals surface area contributed by atoms with Crippen LogP contribution in [0.5, 0.6) is 0 Å². The molecule has 3 fully saturated rings. The zero-order valence-corrected chi connectivity index (χ0v) is 24.6. The van der Waals surface area contributed by atoms with Gasteiger partial charge in [0, 0.05) is 69.0 Å². The molecule has 2 aromatic carbocycles. The minimum absolute atomic E-state index is 0.118. The minimum atomic E-state index is -0.858. The molecule has 42 heavy (non-hydrogen) atoms. The van der Waals surface area contributed by atoms with Crippen LogP contribution in [-0.2, 0) is 12.0 Å². The van der Waals surface area contributed by atoms with Gasteiger partial charge in [-0.25, -0.2) is 9.50 Å². The average molecular weight is 585 g/mol. The molecule has 7 rings (SSSR count). The standard InChI is InChI=1S/C33H37ClN6O2/c34-28-11-9-27(10-12-28)33(42)13-16-38(17-14-33)29-2-1-15-40-31(29)35-30(36-40)22-24-5-7-26(8-6-24)32(41)39-20-18-37(19-21-39)23-25-3-4-25/h1-2,5-12,15,25,42H,3-4,13-14,16-23H2. The first-order valence-electron chi connectivity index (χ1n) is 15.1. The van der Waals surface area contributed by atoms with Gasteiger partial charge in [0.25, 0.3) is 5.91 Å². The van der Waals surface area contributed by atoms with Gasteiger partial charge in [-0.1, -0.05) is 35.9 Å². The number of piperazine rings is 1. The summed E-state index contributed by atoms with van der Waals surface area (Å²) >= 11 is 6.05. The molecular formula is C33H37ClN6O2. The number of carbonyl (C=O) groups excluding carboxylic acids is 1. The Hall–Kier alpha value is -3.46. The van der Waals surface area contributed by atoms with Crippen molar-refractivity contribution in [3.63, 3.8) is 0 Å². The van der Waals surface area contributed by atoms with E-state index in [2.05, 4.69) is 15.9 Å². The van der Waals surface area contributed by atoms with E-state index in [0.29, 0.717) is 37.4 Å². The highest BCUT2D eigenvalue weighted by atomic mass is 35.5. The summed E-state index contributed by atoms with van der Waals surface area (Å²) < 4.78 is 1.84. The first kappa shape index (κ1) is 27.4. The number of hydrogen-bond acceptors (Lipinski definition) is 6. The number of hydrogen-bond donors (Lipinski definition) is 1. The Morgan fingerprint density at radius 2 is 1.64 bits per heavy atom. The number of pyridine rings is 1. The zero-order chi connectivity index (χ0) is 28.7. The van der Waals surface area contributed by atoms with Crippen LogP contribution in [-0.4, -0.2) is 81.2 Å². The van der Waals surface area contributed by atoms with E-state index in [1.54, 1.807) is 0 Å². The number of fused-ring (bicyclic) bond motifs is 1. The Balaban J connectivity index is 0.991. The maximum Gasteiger partial charge on any atom is 0.253 e. The Bertz CT molecular complexity index is 1550. The van der Waals surface area contributed by atoms with Gasteiger partial charge in [-0.15, -0.1) is 0 Å². The summed E-state index contributed by atoms with van der Waals surface area (Å²) in [6.45, 7) is 6.18. The molecule has 1 aliphatic carbocycles. The first-order chi connectivity index (χ1) is 20.4. The lowest BCUT2D eigenvalue weighted by Crippen LogP contribution is -2.49. The quantitative estimate of drug-likeness (QED) is 0.341. The Morgan fingerprint density at radius 1 is 0.929 bits per heavy atom. The number of aromatic nitrogens is 3. The SMILES string of the molecule is O=C(c1ccc(Cc2nc3c(N4CCC(O)(c5ccc(Cl)cc5)CC4)cccn3n2)cc1)N1CCN(CC2CC2)CC1. The molecule has 1 saturated carbocycles. The average Bonchev–Trinajstić information content (AvgIpc) is 3.73. The van der Waals surface area contributed by atoms with Crippen molar-refractivity contribution in [2.45, 2.75) is 37.7 Å². The van der Waals surface area contributed by atoms with Crippen LogP contribution in [0.15, 0.2) is 66.9 Å². The number of benzene rings is 2. The van der Waals surface area contributed by atoms with Gasteiger partial charge in [0.1, 0.15) is 0 Å². The monoisotopic (exact) mass is 584 g/mol. The topological polar surface area (TPSA) is 77.2 Å². The van der Waals surface area contributed by atoms with Crippen molar-refractivity contribution in [1.82, 2.24) is 24.4 Å². The minimum Gasteiger partial charge on any atom is -0.385 e. The maximum absolute atomic E-state index is 13.1. The number of rotatable bonds is 7. The van der Waals surface area contributed by atoms with Gasteiger partial charge in [0.15, 0.2) is 11.5 Å². The van der Waals surface area contributed by atoms with Crippen LogP contribution in [0.25, 0.3) is 5.65 Å². The highest BCUT2D eigenvalue weighted by Gasteiger charge is 2.35. The van der Waals surface area contributed by atoms with Gasteiger partial charge < -0.3 is 14.9 Å². The largest absolute Gasteiger partial charge is 0.385 e. The van der Waals surface area contributed by atoms with Gasteiger partial charge in [-0.3, -0.25) is 9.69 Å². The Kier molecular flexibility index (Phi) is 7.38. The molecule has 0 bridgehead atoms. The van der Waals surface area contributed by atoms with E-state index in [0.717, 1.165) is 65.9 Å². The van der Waals surface area contributed by atoms with E-state index in [-0.39, 0.29) is 5.91 Å². The molecule has 0 spiro atoms. The van der Waals surface area contributed by atoms with Crippen LogP contribution in [0, 0.1) is 5.92 Å². The molecule has 4 aromatic rings. The number of piperidine rings is 1. The molecule has 8 nitrogen and oxygen atoms in total. The number of carbonyl (C=O) groups is 1. The third-order valence-electron chi connectivity index (χ3n) is 9.13. The van der Waals surface area contributed by atoms with Crippen molar-refractivity contribution < 1.29 is 9.90 Å². The molecule has 9 heteroatoms. The van der Waals surface area contributed by atoms with Gasteiger partial charge in [0.05, 0.1) is 11.3 Å². The third kappa shape index (κ3) is 5.76. The van der Waals surface area contributed by atoms with E-state index >= 15 is 0 Å². The number of aliphatic hydroxyl groups is 1. The summed E-state index contributed by atoms with van der Waals surface area (Å²) in [7, 11) is 0. The van der Waals surface area contributed by atoms with Crippen molar-refractivity contribution >= 4 is 28.8 Å². The highest BCUT2D eigenvalue weighted by Crippen LogP contribution is 2.36. The Labute approximate surface area is 251 Å². The van der Waals surface area contributed by atoms with Crippen LogP contribution in [0.1, 0.15) is 53.0 Å². The second-order valence-corrected chi connectivity index (χ2v) is 12.6. The van der Waals surface area contributed by atoms with Crippen molar-refractivity contribution in [3.8, 4) is 0 Å². The molecule has 1 N–H and O–H groups in total. The van der Waals surface area contributed by atoms with E-state index < -0.39 is 5.60 Å². The zero-order valence-electron chi connectivity index (χ0n) is 23.8. The Morgan fingerprint density at radius 3 is 2.33 bits per heavy atom. The summed E-state index contributed by atoms with van der Waals surface area (Å²) in [5.74, 6) is 1.75. The van der Waals surface area contributed by atoms with Crippen molar-refractivity contribution in [3.05, 3.63) is 94.4 Å². The number of nitrogens with zero attached hydrogens (tertiary/aromatic N) is 6. The van der Waals surface area contributed by atoms with Crippen LogP contribution in [0.4, 0.5) is 5.69 Å². The summed E-state index contributed by atoms with van der Waals surface area (Å²) in [6, 6.07) is 19.5. The van der Waals surface area contributed by atoms with E-state index in [9.17, 15) is 9.90 Å². The molecule has 2 saturated heterocycles. The highest BCUT2D eigenvalue weighted by molar-refractivity contribution is 6.30. The molecule has 2 aromatic heterocycles. The van der Waals surface area contributed by atoms with Gasteiger partial charge >= 0.3 is 0 Å². The van der Waals surface area contributed by atoms with E-state index in [1.807, 2.05) is 70.2 Å². The second-order valence-electron chi connectivity index (χ2n) is 12.1. The fourth-order valence-corrected chi connectivity index (χ4v) is 6.48. The van der Waals surface area contributed by atoms with Crippen LogP contribution in [0.2, 0.25) is 5.02 Å².